The fourth-order valence-corrected chi connectivity index (χ4v) is 4.16. The molecule has 1 amide bonds. The Morgan fingerprint density at radius 3 is 2.70 bits per heavy atom. The Bertz CT molecular complexity index is 1330. The van der Waals surface area contributed by atoms with E-state index in [0.29, 0.717) is 0 Å². The smallest absolute Gasteiger partial charge is 0.244 e. The van der Waals surface area contributed by atoms with Crippen LogP contribution in [-0.2, 0) is 10.2 Å². The van der Waals surface area contributed by atoms with Crippen molar-refractivity contribution >= 4 is 22.9 Å². The number of fused-ring (bicyclic) bond motifs is 1. The van der Waals surface area contributed by atoms with E-state index < -0.39 is 0 Å². The zero-order chi connectivity index (χ0) is 22.8. The third-order valence-electron chi connectivity index (χ3n) is 6.42. The molecule has 33 heavy (non-hydrogen) atoms. The maximum Gasteiger partial charge on any atom is 0.244 e. The lowest BCUT2D eigenvalue weighted by molar-refractivity contribution is -0.122. The van der Waals surface area contributed by atoms with E-state index in [-0.39, 0.29) is 17.2 Å². The molecular weight excluding hydrogens is 412 g/mol. The molecule has 2 heterocycles. The van der Waals surface area contributed by atoms with Gasteiger partial charge < -0.3 is 4.74 Å². The molecule has 0 spiro atoms. The Hall–Kier alpha value is -4.06. The van der Waals surface area contributed by atoms with Gasteiger partial charge in [-0.15, -0.1) is 0 Å². The first-order valence-corrected chi connectivity index (χ1v) is 10.8. The van der Waals surface area contributed by atoms with E-state index in [1.54, 1.807) is 19.5 Å². The molecule has 4 aromatic rings. The number of hydrogen-bond donors (Lipinski definition) is 1. The standard InChI is InChI=1S/C27H24N4O2/c1-27(22-7-10-25(29-17-22)19-5-8-23(33-2)9-6-19)14-24(27)26(32)31-30-15-18-3-4-21-16-28-12-11-20(21)13-18/h3-13,15-17,24H,14H2,1-2H3,(H,31,32)/b30-15+. The Labute approximate surface area is 192 Å². The van der Waals surface area contributed by atoms with Crippen molar-refractivity contribution in [2.75, 3.05) is 7.11 Å². The summed E-state index contributed by atoms with van der Waals surface area (Å²) in [5.74, 6) is 0.624. The monoisotopic (exact) mass is 436 g/mol. The number of ether oxygens (including phenoxy) is 1. The molecule has 2 aromatic carbocycles. The third kappa shape index (κ3) is 4.20. The number of pyridine rings is 2. The van der Waals surface area contributed by atoms with Crippen LogP contribution in [0.2, 0.25) is 0 Å². The molecule has 1 saturated carbocycles. The molecular formula is C27H24N4O2. The molecule has 1 aliphatic carbocycles. The predicted octanol–water partition coefficient (Wildman–Crippen LogP) is 4.73. The molecule has 2 aromatic heterocycles. The first kappa shape index (κ1) is 20.8. The van der Waals surface area contributed by atoms with Gasteiger partial charge in [-0.25, -0.2) is 5.43 Å². The van der Waals surface area contributed by atoms with E-state index in [1.165, 1.54) is 0 Å². The molecule has 2 atom stereocenters. The molecule has 5 rings (SSSR count). The van der Waals surface area contributed by atoms with E-state index in [0.717, 1.165) is 45.3 Å². The Morgan fingerprint density at radius 2 is 1.94 bits per heavy atom. The van der Waals surface area contributed by atoms with Crippen LogP contribution >= 0.6 is 0 Å². The lowest BCUT2D eigenvalue weighted by Crippen LogP contribution is -2.23. The molecule has 6 heteroatoms. The lowest BCUT2D eigenvalue weighted by atomic mass is 9.96. The van der Waals surface area contributed by atoms with Gasteiger partial charge in [0, 0.05) is 35.0 Å². The highest BCUT2D eigenvalue weighted by molar-refractivity contribution is 5.91. The van der Waals surface area contributed by atoms with E-state index >= 15 is 0 Å². The molecule has 6 nitrogen and oxygen atoms in total. The van der Waals surface area contributed by atoms with Crippen LogP contribution in [0.1, 0.15) is 24.5 Å². The van der Waals surface area contributed by atoms with E-state index in [1.807, 2.05) is 67.0 Å². The van der Waals surface area contributed by atoms with Gasteiger partial charge in [-0.3, -0.25) is 14.8 Å². The topological polar surface area (TPSA) is 76.5 Å². The van der Waals surface area contributed by atoms with Crippen LogP contribution < -0.4 is 10.2 Å². The summed E-state index contributed by atoms with van der Waals surface area (Å²) in [7, 11) is 1.65. The molecule has 1 aliphatic rings. The van der Waals surface area contributed by atoms with Gasteiger partial charge in [0.15, 0.2) is 0 Å². The predicted molar refractivity (Wildman–Crippen MR) is 129 cm³/mol. The van der Waals surface area contributed by atoms with Crippen molar-refractivity contribution in [2.24, 2.45) is 11.0 Å². The van der Waals surface area contributed by atoms with Gasteiger partial charge in [0.1, 0.15) is 5.75 Å². The van der Waals surface area contributed by atoms with Gasteiger partial charge >= 0.3 is 0 Å². The van der Waals surface area contributed by atoms with Gasteiger partial charge in [-0.05, 0) is 65.4 Å². The minimum absolute atomic E-state index is 0.0713. The highest BCUT2D eigenvalue weighted by atomic mass is 16.5. The fraction of sp³-hybridized carbons (Fsp3) is 0.185. The maximum absolute atomic E-state index is 12.7. The van der Waals surface area contributed by atoms with Crippen molar-refractivity contribution in [3.63, 3.8) is 0 Å². The van der Waals surface area contributed by atoms with Crippen LogP contribution in [0.25, 0.3) is 22.0 Å². The summed E-state index contributed by atoms with van der Waals surface area (Å²) in [6.07, 6.45) is 7.91. The Morgan fingerprint density at radius 1 is 1.09 bits per heavy atom. The number of carbonyl (C=O) groups excluding carboxylic acids is 1. The minimum Gasteiger partial charge on any atom is -0.497 e. The Balaban J connectivity index is 1.22. The molecule has 1 N–H and O–H groups in total. The highest BCUT2D eigenvalue weighted by Crippen LogP contribution is 2.54. The van der Waals surface area contributed by atoms with Crippen molar-refractivity contribution in [2.45, 2.75) is 18.8 Å². The summed E-state index contributed by atoms with van der Waals surface area (Å²) in [6.45, 7) is 2.10. The normalized spacial score (nSPS) is 19.5. The zero-order valence-corrected chi connectivity index (χ0v) is 18.5. The molecule has 0 aliphatic heterocycles. The summed E-state index contributed by atoms with van der Waals surface area (Å²) in [6, 6.07) is 19.8. The number of carbonyl (C=O) groups is 1. The largest absolute Gasteiger partial charge is 0.497 e. The lowest BCUT2D eigenvalue weighted by Gasteiger charge is -2.12. The number of amides is 1. The molecule has 164 valence electrons. The van der Waals surface area contributed by atoms with Crippen molar-refractivity contribution < 1.29 is 9.53 Å². The second kappa shape index (κ2) is 8.47. The molecule has 1 fully saturated rings. The SMILES string of the molecule is COc1ccc(-c2ccc(C3(C)CC3C(=O)N/N=C/c3ccc4cnccc4c3)cn2)cc1. The summed E-state index contributed by atoms with van der Waals surface area (Å²) < 4.78 is 5.21. The van der Waals surface area contributed by atoms with Crippen LogP contribution in [0.3, 0.4) is 0 Å². The average molecular weight is 437 g/mol. The number of hydrazone groups is 1. The summed E-state index contributed by atoms with van der Waals surface area (Å²) in [5.41, 5.74) is 6.38. The summed E-state index contributed by atoms with van der Waals surface area (Å²) in [4.78, 5) is 21.4. The fourth-order valence-electron chi connectivity index (χ4n) is 4.16. The van der Waals surface area contributed by atoms with Gasteiger partial charge in [-0.1, -0.05) is 25.1 Å². The average Bonchev–Trinajstić information content (AvgIpc) is 3.57. The minimum atomic E-state index is -0.221. The van der Waals surface area contributed by atoms with Gasteiger partial charge in [0.25, 0.3) is 0 Å². The second-order valence-electron chi connectivity index (χ2n) is 8.55. The number of methoxy groups -OCH3 is 1. The van der Waals surface area contributed by atoms with E-state index in [9.17, 15) is 4.79 Å². The summed E-state index contributed by atoms with van der Waals surface area (Å²) in [5, 5.41) is 6.32. The van der Waals surface area contributed by atoms with Crippen molar-refractivity contribution in [1.82, 2.24) is 15.4 Å². The van der Waals surface area contributed by atoms with Crippen LogP contribution in [0, 0.1) is 5.92 Å². The quantitative estimate of drug-likeness (QED) is 0.350. The number of hydrogen-bond acceptors (Lipinski definition) is 5. The van der Waals surface area contributed by atoms with Crippen LogP contribution in [0.4, 0.5) is 0 Å². The van der Waals surface area contributed by atoms with Crippen LogP contribution in [0.5, 0.6) is 5.75 Å². The third-order valence-corrected chi connectivity index (χ3v) is 6.42. The van der Waals surface area contributed by atoms with Crippen molar-refractivity contribution in [3.05, 3.63) is 90.4 Å². The van der Waals surface area contributed by atoms with Gasteiger partial charge in [0.2, 0.25) is 5.91 Å². The van der Waals surface area contributed by atoms with E-state index in [4.69, 9.17) is 4.74 Å². The summed E-state index contributed by atoms with van der Waals surface area (Å²) >= 11 is 0. The first-order valence-electron chi connectivity index (χ1n) is 10.8. The number of rotatable bonds is 6. The second-order valence-corrected chi connectivity index (χ2v) is 8.55. The number of nitrogens with zero attached hydrogens (tertiary/aromatic N) is 3. The van der Waals surface area contributed by atoms with Gasteiger partial charge in [0.05, 0.1) is 24.9 Å². The van der Waals surface area contributed by atoms with Crippen LogP contribution in [0.15, 0.2) is 84.4 Å². The maximum atomic E-state index is 12.7. The van der Waals surface area contributed by atoms with Crippen molar-refractivity contribution in [1.29, 1.82) is 0 Å². The van der Waals surface area contributed by atoms with E-state index in [2.05, 4.69) is 33.5 Å². The number of nitrogens with one attached hydrogen (secondary N) is 1. The van der Waals surface area contributed by atoms with Gasteiger partial charge in [-0.2, -0.15) is 5.10 Å². The molecule has 2 unspecified atom stereocenters. The highest BCUT2D eigenvalue weighted by Gasteiger charge is 2.55. The molecule has 0 bridgehead atoms. The van der Waals surface area contributed by atoms with Crippen molar-refractivity contribution in [3.8, 4) is 17.0 Å². The zero-order valence-electron chi connectivity index (χ0n) is 18.5. The molecule has 0 radical (unpaired) electrons. The number of aromatic nitrogens is 2. The molecule has 0 saturated heterocycles. The Kier molecular flexibility index (Phi) is 5.34. The number of benzene rings is 2. The van der Waals surface area contributed by atoms with Crippen LogP contribution in [-0.4, -0.2) is 29.2 Å². The first-order chi connectivity index (χ1) is 16.1.